The molecule has 0 atom stereocenters. The molecule has 126 valence electrons. The van der Waals surface area contributed by atoms with E-state index in [-0.39, 0.29) is 11.7 Å². The molecule has 0 saturated heterocycles. The standard InChI is InChI=1S/C19H21FN2O2/c1-24-18-10-6-16(7-11-18)21-19(23)13-22(17-8-9-17)12-14-2-4-15(20)5-3-14/h2-7,10-11,17H,8-9,12-13H2,1H3,(H,21,23). The first kappa shape index (κ1) is 16.5. The van der Waals surface area contributed by atoms with Crippen molar-refractivity contribution in [3.8, 4) is 5.75 Å². The average Bonchev–Trinajstić information content (AvgIpc) is 3.42. The fourth-order valence-electron chi connectivity index (χ4n) is 2.64. The number of carbonyl (C=O) groups excluding carboxylic acids is 1. The number of amides is 1. The minimum Gasteiger partial charge on any atom is -0.497 e. The molecule has 2 aromatic rings. The molecule has 0 aromatic heterocycles. The van der Waals surface area contributed by atoms with E-state index in [1.165, 1.54) is 12.1 Å². The fourth-order valence-corrected chi connectivity index (χ4v) is 2.64. The summed E-state index contributed by atoms with van der Waals surface area (Å²) >= 11 is 0. The number of hydrogen-bond donors (Lipinski definition) is 1. The molecule has 0 aliphatic heterocycles. The summed E-state index contributed by atoms with van der Waals surface area (Å²) in [5.41, 5.74) is 1.76. The monoisotopic (exact) mass is 328 g/mol. The lowest BCUT2D eigenvalue weighted by molar-refractivity contribution is -0.117. The lowest BCUT2D eigenvalue weighted by Crippen LogP contribution is -2.34. The molecule has 0 heterocycles. The van der Waals surface area contributed by atoms with Crippen molar-refractivity contribution >= 4 is 11.6 Å². The number of ether oxygens (including phenoxy) is 1. The van der Waals surface area contributed by atoms with Crippen LogP contribution in [0.4, 0.5) is 10.1 Å². The van der Waals surface area contributed by atoms with Gasteiger partial charge in [-0.2, -0.15) is 0 Å². The summed E-state index contributed by atoms with van der Waals surface area (Å²) in [7, 11) is 1.61. The number of nitrogens with one attached hydrogen (secondary N) is 1. The summed E-state index contributed by atoms with van der Waals surface area (Å²) in [6, 6.07) is 14.2. The van der Waals surface area contributed by atoms with Gasteiger partial charge in [-0.15, -0.1) is 0 Å². The van der Waals surface area contributed by atoms with Gasteiger partial charge >= 0.3 is 0 Å². The molecule has 5 heteroatoms. The summed E-state index contributed by atoms with van der Waals surface area (Å²) in [5.74, 6) is 0.465. The molecule has 4 nitrogen and oxygen atoms in total. The highest BCUT2D eigenvalue weighted by molar-refractivity contribution is 5.92. The Bertz CT molecular complexity index is 682. The molecule has 0 unspecified atom stereocenters. The van der Waals surface area contributed by atoms with Crippen LogP contribution in [-0.4, -0.2) is 30.5 Å². The topological polar surface area (TPSA) is 41.6 Å². The van der Waals surface area contributed by atoms with Crippen LogP contribution in [0.2, 0.25) is 0 Å². The summed E-state index contributed by atoms with van der Waals surface area (Å²) in [6.45, 7) is 0.981. The van der Waals surface area contributed by atoms with Crippen molar-refractivity contribution in [2.24, 2.45) is 0 Å². The normalized spacial score (nSPS) is 13.8. The van der Waals surface area contributed by atoms with Gasteiger partial charge in [0.25, 0.3) is 0 Å². The van der Waals surface area contributed by atoms with E-state index in [1.54, 1.807) is 19.2 Å². The Kier molecular flexibility index (Phi) is 5.11. The van der Waals surface area contributed by atoms with Gasteiger partial charge in [-0.3, -0.25) is 9.69 Å². The van der Waals surface area contributed by atoms with Crippen LogP contribution in [0.3, 0.4) is 0 Å². The SMILES string of the molecule is COc1ccc(NC(=O)CN(Cc2ccc(F)cc2)C2CC2)cc1. The zero-order chi connectivity index (χ0) is 16.9. The maximum Gasteiger partial charge on any atom is 0.238 e. The third kappa shape index (κ3) is 4.55. The van der Waals surface area contributed by atoms with Gasteiger partial charge < -0.3 is 10.1 Å². The van der Waals surface area contributed by atoms with Gasteiger partial charge in [-0.25, -0.2) is 4.39 Å². The van der Waals surface area contributed by atoms with Gasteiger partial charge in [0.1, 0.15) is 11.6 Å². The van der Waals surface area contributed by atoms with Gasteiger partial charge in [0.15, 0.2) is 0 Å². The van der Waals surface area contributed by atoms with E-state index < -0.39 is 0 Å². The first-order valence-corrected chi connectivity index (χ1v) is 8.06. The first-order valence-electron chi connectivity index (χ1n) is 8.06. The van der Waals surface area contributed by atoms with Crippen molar-refractivity contribution < 1.29 is 13.9 Å². The van der Waals surface area contributed by atoms with Crippen LogP contribution in [0.1, 0.15) is 18.4 Å². The minimum atomic E-state index is -0.242. The van der Waals surface area contributed by atoms with Crippen molar-refractivity contribution in [2.45, 2.75) is 25.4 Å². The zero-order valence-corrected chi connectivity index (χ0v) is 13.7. The second-order valence-corrected chi connectivity index (χ2v) is 6.04. The van der Waals surface area contributed by atoms with E-state index in [0.717, 1.165) is 29.8 Å². The maximum atomic E-state index is 13.0. The zero-order valence-electron chi connectivity index (χ0n) is 13.7. The molecule has 24 heavy (non-hydrogen) atoms. The number of halogens is 1. The lowest BCUT2D eigenvalue weighted by atomic mass is 10.2. The van der Waals surface area contributed by atoms with Crippen molar-refractivity contribution in [3.63, 3.8) is 0 Å². The quantitative estimate of drug-likeness (QED) is 0.846. The number of hydrogen-bond acceptors (Lipinski definition) is 3. The second kappa shape index (κ2) is 7.45. The lowest BCUT2D eigenvalue weighted by Gasteiger charge is -2.21. The predicted molar refractivity (Wildman–Crippen MR) is 91.5 cm³/mol. The number of carbonyl (C=O) groups is 1. The van der Waals surface area contributed by atoms with Crippen molar-refractivity contribution in [1.29, 1.82) is 0 Å². The molecule has 1 fully saturated rings. The van der Waals surface area contributed by atoms with Crippen molar-refractivity contribution in [2.75, 3.05) is 19.0 Å². The third-order valence-corrected chi connectivity index (χ3v) is 4.08. The van der Waals surface area contributed by atoms with Crippen LogP contribution in [-0.2, 0) is 11.3 Å². The van der Waals surface area contributed by atoms with Crippen LogP contribution in [0.5, 0.6) is 5.75 Å². The van der Waals surface area contributed by atoms with Crippen LogP contribution >= 0.6 is 0 Å². The second-order valence-electron chi connectivity index (χ2n) is 6.04. The fraction of sp³-hybridized carbons (Fsp3) is 0.316. The summed E-state index contributed by atoms with van der Waals surface area (Å²) in [6.07, 6.45) is 2.22. The van der Waals surface area contributed by atoms with E-state index in [0.29, 0.717) is 19.1 Å². The smallest absolute Gasteiger partial charge is 0.238 e. The molecule has 0 spiro atoms. The predicted octanol–water partition coefficient (Wildman–Crippen LogP) is 3.44. The van der Waals surface area contributed by atoms with Gasteiger partial charge in [0, 0.05) is 18.3 Å². The molecule has 1 amide bonds. The van der Waals surface area contributed by atoms with Crippen LogP contribution < -0.4 is 10.1 Å². The Balaban J connectivity index is 1.58. The van der Waals surface area contributed by atoms with E-state index in [1.807, 2.05) is 24.3 Å². The summed E-state index contributed by atoms with van der Waals surface area (Å²) in [5, 5.41) is 2.91. The van der Waals surface area contributed by atoms with E-state index in [9.17, 15) is 9.18 Å². The number of methoxy groups -OCH3 is 1. The average molecular weight is 328 g/mol. The molecule has 1 aliphatic carbocycles. The summed E-state index contributed by atoms with van der Waals surface area (Å²) < 4.78 is 18.1. The van der Waals surface area contributed by atoms with E-state index in [2.05, 4.69) is 10.2 Å². The highest BCUT2D eigenvalue weighted by atomic mass is 19.1. The molecule has 3 rings (SSSR count). The number of nitrogens with zero attached hydrogens (tertiary/aromatic N) is 1. The molecule has 2 aromatic carbocycles. The molecule has 1 N–H and O–H groups in total. The molecule has 0 radical (unpaired) electrons. The summed E-state index contributed by atoms with van der Waals surface area (Å²) in [4.78, 5) is 14.5. The van der Waals surface area contributed by atoms with Crippen LogP contribution in [0, 0.1) is 5.82 Å². The molecule has 1 aliphatic rings. The maximum absolute atomic E-state index is 13.0. The third-order valence-electron chi connectivity index (χ3n) is 4.08. The van der Waals surface area contributed by atoms with Crippen molar-refractivity contribution in [3.05, 3.63) is 59.9 Å². The molecular weight excluding hydrogens is 307 g/mol. The Hall–Kier alpha value is -2.40. The Labute approximate surface area is 141 Å². The highest BCUT2D eigenvalue weighted by Gasteiger charge is 2.30. The van der Waals surface area contributed by atoms with Gasteiger partial charge in [0.05, 0.1) is 13.7 Å². The molecular formula is C19H21FN2O2. The number of rotatable bonds is 7. The van der Waals surface area contributed by atoms with Crippen molar-refractivity contribution in [1.82, 2.24) is 4.90 Å². The molecule has 0 bridgehead atoms. The highest BCUT2D eigenvalue weighted by Crippen LogP contribution is 2.28. The Morgan fingerprint density at radius 2 is 1.83 bits per heavy atom. The Morgan fingerprint density at radius 1 is 1.17 bits per heavy atom. The number of benzene rings is 2. The van der Waals surface area contributed by atoms with Gasteiger partial charge in [-0.1, -0.05) is 12.1 Å². The Morgan fingerprint density at radius 3 is 2.42 bits per heavy atom. The number of anilines is 1. The van der Waals surface area contributed by atoms with Gasteiger partial charge in [-0.05, 0) is 54.8 Å². The van der Waals surface area contributed by atoms with Crippen LogP contribution in [0.25, 0.3) is 0 Å². The molecule has 1 saturated carbocycles. The van der Waals surface area contributed by atoms with Gasteiger partial charge in [0.2, 0.25) is 5.91 Å². The minimum absolute atomic E-state index is 0.0471. The largest absolute Gasteiger partial charge is 0.497 e. The first-order chi connectivity index (χ1) is 11.6. The van der Waals surface area contributed by atoms with E-state index in [4.69, 9.17) is 4.74 Å². The van der Waals surface area contributed by atoms with Crippen LogP contribution in [0.15, 0.2) is 48.5 Å². The van der Waals surface area contributed by atoms with E-state index >= 15 is 0 Å².